The van der Waals surface area contributed by atoms with E-state index in [0.29, 0.717) is 18.4 Å². The highest BCUT2D eigenvalue weighted by atomic mass is 19.1. The second-order valence-corrected chi connectivity index (χ2v) is 6.35. The lowest BCUT2D eigenvalue weighted by Gasteiger charge is -2.27. The summed E-state index contributed by atoms with van der Waals surface area (Å²) in [6, 6.07) is 8.74. The fourth-order valence-corrected chi connectivity index (χ4v) is 3.26. The molecular weight excluding hydrogens is 355 g/mol. The summed E-state index contributed by atoms with van der Waals surface area (Å²) >= 11 is 0. The van der Waals surface area contributed by atoms with Crippen LogP contribution < -0.4 is 10.9 Å². The van der Waals surface area contributed by atoms with E-state index in [9.17, 15) is 18.8 Å². The van der Waals surface area contributed by atoms with Crippen LogP contribution in [0.25, 0.3) is 0 Å². The number of carbonyl (C=O) groups excluding carboxylic acids is 3. The summed E-state index contributed by atoms with van der Waals surface area (Å²) in [4.78, 5) is 36.2. The van der Waals surface area contributed by atoms with Crippen LogP contribution in [-0.2, 0) is 19.7 Å². The Labute approximate surface area is 154 Å². The number of ether oxygens (including phenoxy) is 1. The molecule has 142 valence electrons. The Kier molecular flexibility index (Phi) is 5.54. The molecule has 2 aromatic rings. The van der Waals surface area contributed by atoms with Gasteiger partial charge >= 0.3 is 11.9 Å². The Balaban J connectivity index is 1.56. The normalized spacial score (nSPS) is 15.1. The number of furan rings is 1. The average molecular weight is 374 g/mol. The van der Waals surface area contributed by atoms with Crippen molar-refractivity contribution in [2.75, 3.05) is 6.61 Å². The van der Waals surface area contributed by atoms with E-state index < -0.39 is 29.8 Å². The van der Waals surface area contributed by atoms with Crippen LogP contribution in [0.2, 0.25) is 0 Å². The van der Waals surface area contributed by atoms with Crippen LogP contribution in [-0.4, -0.2) is 24.4 Å². The predicted octanol–water partition coefficient (Wildman–Crippen LogP) is 2.23. The molecule has 0 radical (unpaired) electrons. The smallest absolute Gasteiger partial charge is 0.317 e. The lowest BCUT2D eigenvalue weighted by Crippen LogP contribution is -2.44. The summed E-state index contributed by atoms with van der Waals surface area (Å²) < 4.78 is 23.3. The molecule has 7 nitrogen and oxygen atoms in total. The SMILES string of the molecule is O=C(COC(=O)C1(c2ccc(F)cc2)CCCC1)NNC(=O)c1ccco1. The van der Waals surface area contributed by atoms with E-state index in [1.165, 1.54) is 30.5 Å². The van der Waals surface area contributed by atoms with Crippen LogP contribution in [0.1, 0.15) is 41.8 Å². The summed E-state index contributed by atoms with van der Waals surface area (Å²) in [6.07, 6.45) is 4.17. The third-order valence-electron chi connectivity index (χ3n) is 4.64. The van der Waals surface area contributed by atoms with E-state index in [0.717, 1.165) is 12.8 Å². The number of hydrazine groups is 1. The fraction of sp³-hybridized carbons (Fsp3) is 0.316. The van der Waals surface area contributed by atoms with Crippen molar-refractivity contribution in [3.8, 4) is 0 Å². The van der Waals surface area contributed by atoms with Crippen molar-refractivity contribution >= 4 is 17.8 Å². The van der Waals surface area contributed by atoms with Crippen LogP contribution in [0, 0.1) is 5.82 Å². The first-order chi connectivity index (χ1) is 13.0. The first-order valence-corrected chi connectivity index (χ1v) is 8.57. The first kappa shape index (κ1) is 18.6. The second-order valence-electron chi connectivity index (χ2n) is 6.35. The molecule has 3 rings (SSSR count). The van der Waals surface area contributed by atoms with E-state index in [2.05, 4.69) is 10.9 Å². The maximum absolute atomic E-state index is 13.2. The summed E-state index contributed by atoms with van der Waals surface area (Å²) in [5.41, 5.74) is 4.12. The molecule has 0 bridgehead atoms. The quantitative estimate of drug-likeness (QED) is 0.618. The Hall–Kier alpha value is -3.16. The topological polar surface area (TPSA) is 97.6 Å². The average Bonchev–Trinajstić information content (AvgIpc) is 3.37. The van der Waals surface area contributed by atoms with E-state index in [-0.39, 0.29) is 11.6 Å². The molecule has 1 aromatic carbocycles. The molecule has 0 spiro atoms. The van der Waals surface area contributed by atoms with Crippen molar-refractivity contribution in [1.29, 1.82) is 0 Å². The second kappa shape index (κ2) is 8.03. The molecule has 27 heavy (non-hydrogen) atoms. The van der Waals surface area contributed by atoms with Crippen LogP contribution in [0.5, 0.6) is 0 Å². The Morgan fingerprint density at radius 2 is 1.78 bits per heavy atom. The maximum atomic E-state index is 13.2. The summed E-state index contributed by atoms with van der Waals surface area (Å²) in [5, 5.41) is 0. The van der Waals surface area contributed by atoms with Gasteiger partial charge in [-0.2, -0.15) is 0 Å². The minimum atomic E-state index is -0.870. The number of halogens is 1. The zero-order chi connectivity index (χ0) is 19.3. The number of benzene rings is 1. The summed E-state index contributed by atoms with van der Waals surface area (Å²) in [5.74, 6) is -2.19. The van der Waals surface area contributed by atoms with Gasteiger partial charge in [0.2, 0.25) is 0 Å². The molecule has 1 aliphatic carbocycles. The monoisotopic (exact) mass is 374 g/mol. The van der Waals surface area contributed by atoms with Crippen molar-refractivity contribution in [2.24, 2.45) is 0 Å². The van der Waals surface area contributed by atoms with Crippen molar-refractivity contribution in [3.63, 3.8) is 0 Å². The molecule has 2 N–H and O–H groups in total. The minimum absolute atomic E-state index is 0.0357. The van der Waals surface area contributed by atoms with Gasteiger partial charge < -0.3 is 9.15 Å². The van der Waals surface area contributed by atoms with Gasteiger partial charge in [0.25, 0.3) is 5.91 Å². The summed E-state index contributed by atoms with van der Waals surface area (Å²) in [7, 11) is 0. The van der Waals surface area contributed by atoms with Gasteiger partial charge in [0.05, 0.1) is 11.7 Å². The van der Waals surface area contributed by atoms with Crippen molar-refractivity contribution in [1.82, 2.24) is 10.9 Å². The highest BCUT2D eigenvalue weighted by Gasteiger charge is 2.44. The van der Waals surface area contributed by atoms with E-state index in [4.69, 9.17) is 9.15 Å². The third kappa shape index (κ3) is 4.16. The van der Waals surface area contributed by atoms with Crippen LogP contribution >= 0.6 is 0 Å². The zero-order valence-corrected chi connectivity index (χ0v) is 14.5. The molecule has 0 aliphatic heterocycles. The highest BCUT2D eigenvalue weighted by molar-refractivity contribution is 5.93. The molecule has 1 saturated carbocycles. The van der Waals surface area contributed by atoms with Gasteiger partial charge in [-0.25, -0.2) is 4.39 Å². The van der Waals surface area contributed by atoms with Crippen molar-refractivity contribution in [2.45, 2.75) is 31.1 Å². The Bertz CT molecular complexity index is 811. The number of rotatable bonds is 5. The van der Waals surface area contributed by atoms with Gasteiger partial charge in [0.1, 0.15) is 5.82 Å². The van der Waals surface area contributed by atoms with Gasteiger partial charge in [-0.05, 0) is 42.7 Å². The van der Waals surface area contributed by atoms with E-state index in [1.807, 2.05) is 0 Å². The highest BCUT2D eigenvalue weighted by Crippen LogP contribution is 2.42. The minimum Gasteiger partial charge on any atom is -0.459 e. The van der Waals surface area contributed by atoms with E-state index >= 15 is 0 Å². The third-order valence-corrected chi connectivity index (χ3v) is 4.64. The number of hydrogen-bond acceptors (Lipinski definition) is 5. The number of nitrogens with one attached hydrogen (secondary N) is 2. The summed E-state index contributed by atoms with van der Waals surface area (Å²) in [6.45, 7) is -0.541. The predicted molar refractivity (Wildman–Crippen MR) is 91.8 cm³/mol. The first-order valence-electron chi connectivity index (χ1n) is 8.57. The molecule has 0 atom stereocenters. The van der Waals surface area contributed by atoms with Gasteiger partial charge in [0, 0.05) is 0 Å². The van der Waals surface area contributed by atoms with Gasteiger partial charge in [-0.3, -0.25) is 25.2 Å². The Morgan fingerprint density at radius 3 is 2.41 bits per heavy atom. The van der Waals surface area contributed by atoms with Crippen LogP contribution in [0.4, 0.5) is 4.39 Å². The standard InChI is InChI=1S/C19H19FN2O5/c20-14-7-5-13(6-8-14)19(9-1-2-10-19)18(25)27-12-16(23)21-22-17(24)15-4-3-11-26-15/h3-8,11H,1-2,9-10,12H2,(H,21,23)(H,22,24). The molecule has 8 heteroatoms. The molecular formula is C19H19FN2O5. The van der Waals surface area contributed by atoms with Crippen molar-refractivity contribution < 1.29 is 27.9 Å². The number of carbonyl (C=O) groups is 3. The molecule has 2 amide bonds. The van der Waals surface area contributed by atoms with Crippen molar-refractivity contribution in [3.05, 3.63) is 59.8 Å². The molecule has 0 saturated heterocycles. The van der Waals surface area contributed by atoms with E-state index in [1.54, 1.807) is 12.1 Å². The molecule has 0 unspecified atom stereocenters. The zero-order valence-electron chi connectivity index (χ0n) is 14.5. The largest absolute Gasteiger partial charge is 0.459 e. The van der Waals surface area contributed by atoms with Crippen LogP contribution in [0.15, 0.2) is 47.1 Å². The molecule has 1 aliphatic rings. The fourth-order valence-electron chi connectivity index (χ4n) is 3.26. The van der Waals surface area contributed by atoms with Gasteiger partial charge in [-0.15, -0.1) is 0 Å². The lowest BCUT2D eigenvalue weighted by molar-refractivity contribution is -0.154. The number of esters is 1. The van der Waals surface area contributed by atoms with Crippen LogP contribution in [0.3, 0.4) is 0 Å². The molecule has 1 heterocycles. The number of hydrogen-bond donors (Lipinski definition) is 2. The lowest BCUT2D eigenvalue weighted by atomic mass is 9.79. The number of amides is 2. The Morgan fingerprint density at radius 1 is 1.07 bits per heavy atom. The maximum Gasteiger partial charge on any atom is 0.317 e. The van der Waals surface area contributed by atoms with Gasteiger partial charge in [0.15, 0.2) is 12.4 Å². The molecule has 1 aromatic heterocycles. The van der Waals surface area contributed by atoms with Gasteiger partial charge in [-0.1, -0.05) is 25.0 Å². The molecule has 1 fully saturated rings.